The van der Waals surface area contributed by atoms with E-state index in [2.05, 4.69) is 17.9 Å². The molecule has 3 heteroatoms. The first kappa shape index (κ1) is 6.93. The SMILES string of the molecule is CCC1(S)CCNC1=O. The van der Waals surface area contributed by atoms with Gasteiger partial charge in [0, 0.05) is 6.54 Å². The summed E-state index contributed by atoms with van der Waals surface area (Å²) in [5.41, 5.74) is 0. The summed E-state index contributed by atoms with van der Waals surface area (Å²) in [6, 6.07) is 0. The van der Waals surface area contributed by atoms with E-state index in [1.165, 1.54) is 0 Å². The number of rotatable bonds is 1. The molecule has 0 bridgehead atoms. The number of nitrogens with one attached hydrogen (secondary N) is 1. The van der Waals surface area contributed by atoms with Gasteiger partial charge in [0.05, 0.1) is 4.75 Å². The second kappa shape index (κ2) is 2.21. The van der Waals surface area contributed by atoms with E-state index < -0.39 is 0 Å². The van der Waals surface area contributed by atoms with E-state index in [0.717, 1.165) is 19.4 Å². The number of amides is 1. The maximum atomic E-state index is 10.9. The Morgan fingerprint density at radius 2 is 2.56 bits per heavy atom. The van der Waals surface area contributed by atoms with Crippen molar-refractivity contribution in [3.63, 3.8) is 0 Å². The number of carbonyl (C=O) groups excluding carboxylic acids is 1. The lowest BCUT2D eigenvalue weighted by molar-refractivity contribution is -0.121. The van der Waals surface area contributed by atoms with Crippen molar-refractivity contribution in [2.45, 2.75) is 24.5 Å². The van der Waals surface area contributed by atoms with Crippen molar-refractivity contribution in [2.75, 3.05) is 6.54 Å². The highest BCUT2D eigenvalue weighted by molar-refractivity contribution is 7.82. The Morgan fingerprint density at radius 3 is 2.78 bits per heavy atom. The third-order valence-corrected chi connectivity index (χ3v) is 2.57. The minimum Gasteiger partial charge on any atom is -0.355 e. The number of hydrogen-bond donors (Lipinski definition) is 2. The molecule has 1 saturated heterocycles. The molecule has 1 amide bonds. The molecule has 0 radical (unpaired) electrons. The molecule has 1 rings (SSSR count). The van der Waals surface area contributed by atoms with Crippen molar-refractivity contribution in [1.29, 1.82) is 0 Å². The lowest BCUT2D eigenvalue weighted by Crippen LogP contribution is -2.31. The Balaban J connectivity index is 2.67. The van der Waals surface area contributed by atoms with Crippen molar-refractivity contribution in [3.8, 4) is 0 Å². The van der Waals surface area contributed by atoms with Crippen molar-refractivity contribution < 1.29 is 4.79 Å². The maximum absolute atomic E-state index is 10.9. The van der Waals surface area contributed by atoms with E-state index >= 15 is 0 Å². The average Bonchev–Trinajstić information content (AvgIpc) is 2.15. The van der Waals surface area contributed by atoms with Gasteiger partial charge in [-0.25, -0.2) is 0 Å². The zero-order valence-corrected chi connectivity index (χ0v) is 6.37. The fraction of sp³-hybridized carbons (Fsp3) is 0.833. The molecule has 2 nitrogen and oxygen atoms in total. The van der Waals surface area contributed by atoms with Crippen LogP contribution in [0.4, 0.5) is 0 Å². The van der Waals surface area contributed by atoms with Crippen LogP contribution < -0.4 is 5.32 Å². The molecule has 0 saturated carbocycles. The van der Waals surface area contributed by atoms with Crippen LogP contribution in [0.25, 0.3) is 0 Å². The average molecular weight is 145 g/mol. The fourth-order valence-electron chi connectivity index (χ4n) is 0.998. The smallest absolute Gasteiger partial charge is 0.236 e. The monoisotopic (exact) mass is 145 g/mol. The molecular weight excluding hydrogens is 134 g/mol. The molecule has 1 atom stereocenters. The van der Waals surface area contributed by atoms with Gasteiger partial charge in [-0.1, -0.05) is 6.92 Å². The summed E-state index contributed by atoms with van der Waals surface area (Å²) in [6.07, 6.45) is 1.69. The van der Waals surface area contributed by atoms with Gasteiger partial charge in [0.1, 0.15) is 0 Å². The van der Waals surface area contributed by atoms with Gasteiger partial charge < -0.3 is 5.32 Å². The Bertz CT molecular complexity index is 137. The predicted octanol–water partition coefficient (Wildman–Crippen LogP) is 0.585. The predicted molar refractivity (Wildman–Crippen MR) is 39.6 cm³/mol. The van der Waals surface area contributed by atoms with E-state index in [1.807, 2.05) is 6.92 Å². The molecule has 0 spiro atoms. The largest absolute Gasteiger partial charge is 0.355 e. The van der Waals surface area contributed by atoms with Gasteiger partial charge in [-0.3, -0.25) is 4.79 Å². The summed E-state index contributed by atoms with van der Waals surface area (Å²) in [5, 5.41) is 2.75. The molecule has 1 fully saturated rings. The highest BCUT2D eigenvalue weighted by atomic mass is 32.1. The lowest BCUT2D eigenvalue weighted by Gasteiger charge is -2.15. The van der Waals surface area contributed by atoms with Crippen LogP contribution in [0.15, 0.2) is 0 Å². The van der Waals surface area contributed by atoms with Crippen molar-refractivity contribution in [2.24, 2.45) is 0 Å². The summed E-state index contributed by atoms with van der Waals surface area (Å²) in [6.45, 7) is 2.77. The second-order valence-corrected chi connectivity index (χ2v) is 3.25. The topological polar surface area (TPSA) is 29.1 Å². The molecule has 52 valence electrons. The summed E-state index contributed by atoms with van der Waals surface area (Å²) in [7, 11) is 0. The molecule has 0 aromatic heterocycles. The standard InChI is InChI=1S/C6H11NOS/c1-2-6(9)3-4-7-5(6)8/h9H,2-4H2,1H3,(H,7,8). The van der Waals surface area contributed by atoms with Gasteiger partial charge in [0.25, 0.3) is 0 Å². The van der Waals surface area contributed by atoms with E-state index in [-0.39, 0.29) is 10.7 Å². The number of thiol groups is 1. The lowest BCUT2D eigenvalue weighted by atomic mass is 10.0. The van der Waals surface area contributed by atoms with E-state index in [4.69, 9.17) is 0 Å². The Morgan fingerprint density at radius 1 is 1.89 bits per heavy atom. The first-order valence-electron chi connectivity index (χ1n) is 3.20. The zero-order chi connectivity index (χ0) is 6.91. The van der Waals surface area contributed by atoms with Crippen LogP contribution in [-0.2, 0) is 4.79 Å². The van der Waals surface area contributed by atoms with Gasteiger partial charge in [0.15, 0.2) is 0 Å². The highest BCUT2D eigenvalue weighted by Crippen LogP contribution is 2.26. The molecule has 1 unspecified atom stereocenters. The Labute approximate surface area is 60.4 Å². The molecule has 1 heterocycles. The first-order chi connectivity index (χ1) is 4.19. The Hall–Kier alpha value is -0.180. The molecule has 0 aliphatic carbocycles. The molecule has 1 aliphatic heterocycles. The van der Waals surface area contributed by atoms with Crippen molar-refractivity contribution in [1.82, 2.24) is 5.32 Å². The van der Waals surface area contributed by atoms with Crippen molar-refractivity contribution in [3.05, 3.63) is 0 Å². The quantitative estimate of drug-likeness (QED) is 0.519. The maximum Gasteiger partial charge on any atom is 0.236 e. The van der Waals surface area contributed by atoms with Crippen LogP contribution in [0.2, 0.25) is 0 Å². The van der Waals surface area contributed by atoms with Gasteiger partial charge >= 0.3 is 0 Å². The molecular formula is C6H11NOS. The van der Waals surface area contributed by atoms with Gasteiger partial charge in [-0.05, 0) is 12.8 Å². The normalized spacial score (nSPS) is 34.7. The van der Waals surface area contributed by atoms with Gasteiger partial charge in [-0.15, -0.1) is 0 Å². The zero-order valence-electron chi connectivity index (χ0n) is 5.48. The van der Waals surface area contributed by atoms with E-state index in [0.29, 0.717) is 0 Å². The van der Waals surface area contributed by atoms with Crippen LogP contribution in [0.1, 0.15) is 19.8 Å². The minimum atomic E-state index is -0.361. The third-order valence-electron chi connectivity index (χ3n) is 1.83. The molecule has 1 aliphatic rings. The molecule has 0 aromatic rings. The van der Waals surface area contributed by atoms with Crippen LogP contribution in [0.3, 0.4) is 0 Å². The van der Waals surface area contributed by atoms with E-state index in [1.54, 1.807) is 0 Å². The van der Waals surface area contributed by atoms with Crippen LogP contribution in [-0.4, -0.2) is 17.2 Å². The van der Waals surface area contributed by atoms with Crippen LogP contribution in [0.5, 0.6) is 0 Å². The minimum absolute atomic E-state index is 0.0910. The molecule has 1 N–H and O–H groups in total. The second-order valence-electron chi connectivity index (χ2n) is 2.39. The molecule has 9 heavy (non-hydrogen) atoms. The van der Waals surface area contributed by atoms with Crippen LogP contribution >= 0.6 is 12.6 Å². The summed E-state index contributed by atoms with van der Waals surface area (Å²) in [5.74, 6) is 0.0910. The van der Waals surface area contributed by atoms with Crippen molar-refractivity contribution >= 4 is 18.5 Å². The summed E-state index contributed by atoms with van der Waals surface area (Å²) < 4.78 is -0.361. The van der Waals surface area contributed by atoms with Gasteiger partial charge in [0.2, 0.25) is 5.91 Å². The van der Waals surface area contributed by atoms with E-state index in [9.17, 15) is 4.79 Å². The third kappa shape index (κ3) is 1.06. The highest BCUT2D eigenvalue weighted by Gasteiger charge is 2.36. The first-order valence-corrected chi connectivity index (χ1v) is 3.64. The van der Waals surface area contributed by atoms with Gasteiger partial charge in [-0.2, -0.15) is 12.6 Å². The fourth-order valence-corrected chi connectivity index (χ4v) is 1.19. The van der Waals surface area contributed by atoms with Crippen LogP contribution in [0, 0.1) is 0 Å². The summed E-state index contributed by atoms with van der Waals surface area (Å²) in [4.78, 5) is 10.9. The Kier molecular flexibility index (Phi) is 1.70. The number of carbonyl (C=O) groups is 1. The number of hydrogen-bond acceptors (Lipinski definition) is 2. The molecule has 0 aromatic carbocycles. The summed E-state index contributed by atoms with van der Waals surface area (Å²) >= 11 is 4.26.